The zero-order valence-corrected chi connectivity index (χ0v) is 7.74. The van der Waals surface area contributed by atoms with Crippen LogP contribution >= 0.6 is 0 Å². The third-order valence-electron chi connectivity index (χ3n) is 1.68. The fourth-order valence-electron chi connectivity index (χ4n) is 1.25. The van der Waals surface area contributed by atoms with E-state index in [1.165, 1.54) is 0 Å². The predicted molar refractivity (Wildman–Crippen MR) is 47.1 cm³/mol. The number of rotatable bonds is 3. The second kappa shape index (κ2) is 3.52. The standard InChI is InChI=1S/C9H14N2O/c1-7(2)4-8-5-11(3)10-9(8)6-12/h5-7H,4H2,1-3H3. The van der Waals surface area contributed by atoms with Gasteiger partial charge in [-0.1, -0.05) is 13.8 Å². The van der Waals surface area contributed by atoms with E-state index >= 15 is 0 Å². The number of aromatic nitrogens is 2. The molecule has 12 heavy (non-hydrogen) atoms. The summed E-state index contributed by atoms with van der Waals surface area (Å²) in [6.45, 7) is 4.25. The van der Waals surface area contributed by atoms with Gasteiger partial charge in [-0.15, -0.1) is 0 Å². The number of carbonyl (C=O) groups excluding carboxylic acids is 1. The molecule has 0 spiro atoms. The van der Waals surface area contributed by atoms with Crippen LogP contribution in [0.25, 0.3) is 0 Å². The van der Waals surface area contributed by atoms with E-state index in [0.29, 0.717) is 11.6 Å². The topological polar surface area (TPSA) is 34.9 Å². The van der Waals surface area contributed by atoms with Crippen molar-refractivity contribution in [3.05, 3.63) is 17.5 Å². The molecule has 0 aliphatic heterocycles. The minimum Gasteiger partial charge on any atom is -0.296 e. The van der Waals surface area contributed by atoms with Gasteiger partial charge in [-0.25, -0.2) is 0 Å². The molecule has 1 rings (SSSR count). The molecule has 0 fully saturated rings. The molecular weight excluding hydrogens is 152 g/mol. The van der Waals surface area contributed by atoms with E-state index in [4.69, 9.17) is 0 Å². The highest BCUT2D eigenvalue weighted by molar-refractivity contribution is 5.73. The highest BCUT2D eigenvalue weighted by Gasteiger charge is 2.07. The van der Waals surface area contributed by atoms with E-state index in [1.807, 2.05) is 13.2 Å². The lowest BCUT2D eigenvalue weighted by atomic mass is 10.0. The first-order valence-corrected chi connectivity index (χ1v) is 4.11. The highest BCUT2D eigenvalue weighted by atomic mass is 16.1. The number of hydrogen-bond acceptors (Lipinski definition) is 2. The average molecular weight is 166 g/mol. The zero-order chi connectivity index (χ0) is 9.14. The van der Waals surface area contributed by atoms with Crippen molar-refractivity contribution in [2.45, 2.75) is 20.3 Å². The molecule has 0 aliphatic rings. The Labute approximate surface area is 72.4 Å². The summed E-state index contributed by atoms with van der Waals surface area (Å²) in [5.41, 5.74) is 1.62. The molecule has 3 nitrogen and oxygen atoms in total. The molecule has 0 bridgehead atoms. The van der Waals surface area contributed by atoms with Crippen LogP contribution in [-0.4, -0.2) is 16.1 Å². The number of nitrogens with zero attached hydrogens (tertiary/aromatic N) is 2. The van der Waals surface area contributed by atoms with Gasteiger partial charge in [-0.05, 0) is 12.3 Å². The van der Waals surface area contributed by atoms with Gasteiger partial charge in [0.25, 0.3) is 0 Å². The normalized spacial score (nSPS) is 10.7. The van der Waals surface area contributed by atoms with Crippen LogP contribution < -0.4 is 0 Å². The van der Waals surface area contributed by atoms with E-state index < -0.39 is 0 Å². The smallest absolute Gasteiger partial charge is 0.170 e. The summed E-state index contributed by atoms with van der Waals surface area (Å²) < 4.78 is 1.68. The molecule has 0 amide bonds. The summed E-state index contributed by atoms with van der Waals surface area (Å²) in [5.74, 6) is 0.563. The summed E-state index contributed by atoms with van der Waals surface area (Å²) in [6.07, 6.45) is 3.64. The van der Waals surface area contributed by atoms with Crippen LogP contribution in [0, 0.1) is 5.92 Å². The zero-order valence-electron chi connectivity index (χ0n) is 7.74. The number of aldehydes is 1. The van der Waals surface area contributed by atoms with Crippen molar-refractivity contribution in [3.8, 4) is 0 Å². The van der Waals surface area contributed by atoms with Gasteiger partial charge in [0, 0.05) is 18.8 Å². The lowest BCUT2D eigenvalue weighted by Gasteiger charge is -2.00. The van der Waals surface area contributed by atoms with Crippen LogP contribution in [0.2, 0.25) is 0 Å². The number of hydrogen-bond donors (Lipinski definition) is 0. The first-order chi connectivity index (χ1) is 5.63. The van der Waals surface area contributed by atoms with Crippen LogP contribution in [-0.2, 0) is 13.5 Å². The van der Waals surface area contributed by atoms with Crippen molar-refractivity contribution in [3.63, 3.8) is 0 Å². The van der Waals surface area contributed by atoms with Crippen LogP contribution in [0.1, 0.15) is 29.9 Å². The number of aryl methyl sites for hydroxylation is 1. The largest absolute Gasteiger partial charge is 0.296 e. The lowest BCUT2D eigenvalue weighted by molar-refractivity contribution is 0.111. The summed E-state index contributed by atoms with van der Waals surface area (Å²) in [4.78, 5) is 10.5. The summed E-state index contributed by atoms with van der Waals surface area (Å²) >= 11 is 0. The van der Waals surface area contributed by atoms with Gasteiger partial charge in [0.05, 0.1) is 0 Å². The minimum atomic E-state index is 0.563. The van der Waals surface area contributed by atoms with E-state index in [1.54, 1.807) is 4.68 Å². The van der Waals surface area contributed by atoms with E-state index in [9.17, 15) is 4.79 Å². The second-order valence-corrected chi connectivity index (χ2v) is 3.43. The lowest BCUT2D eigenvalue weighted by Crippen LogP contribution is -1.96. The maximum Gasteiger partial charge on any atom is 0.170 e. The van der Waals surface area contributed by atoms with E-state index in [0.717, 1.165) is 18.3 Å². The third-order valence-corrected chi connectivity index (χ3v) is 1.68. The fourth-order valence-corrected chi connectivity index (χ4v) is 1.25. The van der Waals surface area contributed by atoms with Crippen LogP contribution in [0.4, 0.5) is 0 Å². The van der Waals surface area contributed by atoms with E-state index in [-0.39, 0.29) is 0 Å². The Bertz CT molecular complexity index is 276. The van der Waals surface area contributed by atoms with Crippen molar-refractivity contribution in [2.24, 2.45) is 13.0 Å². The Kier molecular flexibility index (Phi) is 2.63. The Morgan fingerprint density at radius 2 is 2.33 bits per heavy atom. The highest BCUT2D eigenvalue weighted by Crippen LogP contribution is 2.10. The van der Waals surface area contributed by atoms with Gasteiger partial charge >= 0.3 is 0 Å². The molecule has 3 heteroatoms. The molecule has 0 N–H and O–H groups in total. The van der Waals surface area contributed by atoms with Crippen LogP contribution in [0.3, 0.4) is 0 Å². The molecule has 1 heterocycles. The van der Waals surface area contributed by atoms with Gasteiger partial charge in [0.2, 0.25) is 0 Å². The Morgan fingerprint density at radius 1 is 1.67 bits per heavy atom. The minimum absolute atomic E-state index is 0.563. The average Bonchev–Trinajstić information content (AvgIpc) is 2.29. The molecule has 1 aromatic heterocycles. The van der Waals surface area contributed by atoms with Gasteiger partial charge in [0.15, 0.2) is 6.29 Å². The van der Waals surface area contributed by atoms with E-state index in [2.05, 4.69) is 18.9 Å². The molecule has 0 radical (unpaired) electrons. The van der Waals surface area contributed by atoms with Crippen LogP contribution in [0.5, 0.6) is 0 Å². The fraction of sp³-hybridized carbons (Fsp3) is 0.556. The Balaban J connectivity index is 2.89. The number of carbonyl (C=O) groups is 1. The monoisotopic (exact) mass is 166 g/mol. The van der Waals surface area contributed by atoms with Gasteiger partial charge < -0.3 is 0 Å². The predicted octanol–water partition coefficient (Wildman–Crippen LogP) is 1.43. The maximum absolute atomic E-state index is 10.5. The molecule has 0 aromatic carbocycles. The first-order valence-electron chi connectivity index (χ1n) is 4.11. The Hall–Kier alpha value is -1.12. The molecule has 0 aliphatic carbocycles. The quantitative estimate of drug-likeness (QED) is 0.637. The van der Waals surface area contributed by atoms with Crippen molar-refractivity contribution in [1.82, 2.24) is 9.78 Å². The first kappa shape index (κ1) is 8.97. The molecule has 0 saturated carbocycles. The van der Waals surface area contributed by atoms with Gasteiger partial charge in [-0.2, -0.15) is 5.10 Å². The molecule has 1 aromatic rings. The molecule has 0 saturated heterocycles. The van der Waals surface area contributed by atoms with Crippen molar-refractivity contribution in [2.75, 3.05) is 0 Å². The summed E-state index contributed by atoms with van der Waals surface area (Å²) in [6, 6.07) is 0. The molecule has 0 unspecified atom stereocenters. The molecule has 0 atom stereocenters. The summed E-state index contributed by atoms with van der Waals surface area (Å²) in [7, 11) is 1.83. The summed E-state index contributed by atoms with van der Waals surface area (Å²) in [5, 5.41) is 4.03. The molecular formula is C9H14N2O. The molecule has 66 valence electrons. The second-order valence-electron chi connectivity index (χ2n) is 3.43. The third kappa shape index (κ3) is 1.94. The van der Waals surface area contributed by atoms with Crippen molar-refractivity contribution < 1.29 is 4.79 Å². The Morgan fingerprint density at radius 3 is 2.83 bits per heavy atom. The van der Waals surface area contributed by atoms with Crippen molar-refractivity contribution >= 4 is 6.29 Å². The van der Waals surface area contributed by atoms with Gasteiger partial charge in [-0.3, -0.25) is 9.48 Å². The SMILES string of the molecule is CC(C)Cc1cn(C)nc1C=O. The van der Waals surface area contributed by atoms with Gasteiger partial charge in [0.1, 0.15) is 5.69 Å². The van der Waals surface area contributed by atoms with Crippen LogP contribution in [0.15, 0.2) is 6.20 Å². The maximum atomic E-state index is 10.5. The van der Waals surface area contributed by atoms with Crippen molar-refractivity contribution in [1.29, 1.82) is 0 Å².